The van der Waals surface area contributed by atoms with Crippen molar-refractivity contribution in [2.24, 2.45) is 5.92 Å². The third-order valence-electron chi connectivity index (χ3n) is 3.38. The van der Waals surface area contributed by atoms with Crippen LogP contribution in [0.5, 0.6) is 0 Å². The second kappa shape index (κ2) is 3.81. The van der Waals surface area contributed by atoms with E-state index in [1.54, 1.807) is 0 Å². The fourth-order valence-corrected chi connectivity index (χ4v) is 2.18. The Morgan fingerprint density at radius 2 is 2.23 bits per heavy atom. The van der Waals surface area contributed by atoms with Gasteiger partial charge < -0.3 is 10.0 Å². The summed E-state index contributed by atoms with van der Waals surface area (Å²) < 4.78 is 0. The molecule has 3 atom stereocenters. The summed E-state index contributed by atoms with van der Waals surface area (Å²) in [5, 5.41) is 10.3. The predicted molar refractivity (Wildman–Crippen MR) is 55.6 cm³/mol. The molecule has 0 spiro atoms. The highest BCUT2D eigenvalue weighted by molar-refractivity contribution is 4.97. The molecule has 1 heterocycles. The summed E-state index contributed by atoms with van der Waals surface area (Å²) in [4.78, 5) is 2.31. The molecule has 1 saturated heterocycles. The highest BCUT2D eigenvalue weighted by atomic mass is 16.3. The van der Waals surface area contributed by atoms with Crippen LogP contribution in [-0.4, -0.2) is 35.2 Å². The molecule has 1 fully saturated rings. The van der Waals surface area contributed by atoms with Crippen LogP contribution < -0.4 is 0 Å². The lowest BCUT2D eigenvalue weighted by Crippen LogP contribution is -2.53. The van der Waals surface area contributed by atoms with Crippen molar-refractivity contribution in [3.8, 4) is 0 Å². The lowest BCUT2D eigenvalue weighted by molar-refractivity contribution is -0.0759. The first-order valence-electron chi connectivity index (χ1n) is 5.03. The fourth-order valence-electron chi connectivity index (χ4n) is 2.18. The van der Waals surface area contributed by atoms with Gasteiger partial charge in [0.05, 0.1) is 5.60 Å². The van der Waals surface area contributed by atoms with E-state index in [1.165, 1.54) is 0 Å². The second-order valence-corrected chi connectivity index (χ2v) is 4.49. The number of rotatable bonds is 2. The van der Waals surface area contributed by atoms with Crippen LogP contribution >= 0.6 is 0 Å². The molecule has 0 radical (unpaired) electrons. The number of hydrogen-bond donors (Lipinski definition) is 1. The molecule has 1 aliphatic rings. The second-order valence-electron chi connectivity index (χ2n) is 4.49. The van der Waals surface area contributed by atoms with Crippen LogP contribution in [-0.2, 0) is 0 Å². The van der Waals surface area contributed by atoms with Gasteiger partial charge in [-0.3, -0.25) is 0 Å². The first-order valence-corrected chi connectivity index (χ1v) is 5.03. The van der Waals surface area contributed by atoms with E-state index in [2.05, 4.69) is 32.4 Å². The van der Waals surface area contributed by atoms with Crippen molar-refractivity contribution in [1.82, 2.24) is 4.90 Å². The van der Waals surface area contributed by atoms with Gasteiger partial charge in [0, 0.05) is 12.6 Å². The molecule has 2 nitrogen and oxygen atoms in total. The van der Waals surface area contributed by atoms with Gasteiger partial charge in [-0.2, -0.15) is 0 Å². The topological polar surface area (TPSA) is 23.5 Å². The number of piperidine rings is 1. The minimum Gasteiger partial charge on any atom is -0.389 e. The predicted octanol–water partition coefficient (Wildman–Crippen LogP) is 1.65. The van der Waals surface area contributed by atoms with Gasteiger partial charge in [-0.25, -0.2) is 0 Å². The lowest BCUT2D eigenvalue weighted by atomic mass is 9.77. The molecule has 0 aromatic rings. The molecule has 1 rings (SSSR count). The van der Waals surface area contributed by atoms with Crippen LogP contribution in [0.4, 0.5) is 0 Å². The molecule has 13 heavy (non-hydrogen) atoms. The highest BCUT2D eigenvalue weighted by Gasteiger charge is 2.39. The van der Waals surface area contributed by atoms with E-state index >= 15 is 0 Å². The number of aliphatic hydroxyl groups is 1. The van der Waals surface area contributed by atoms with Crippen molar-refractivity contribution in [2.75, 3.05) is 13.6 Å². The monoisotopic (exact) mass is 183 g/mol. The lowest BCUT2D eigenvalue weighted by Gasteiger charge is -2.45. The molecule has 0 saturated carbocycles. The normalized spacial score (nSPS) is 41.8. The van der Waals surface area contributed by atoms with Crippen molar-refractivity contribution in [3.63, 3.8) is 0 Å². The van der Waals surface area contributed by atoms with Crippen LogP contribution in [0.25, 0.3) is 0 Å². The Bertz CT molecular complexity index is 193. The summed E-state index contributed by atoms with van der Waals surface area (Å²) in [7, 11) is 2.12. The first-order chi connectivity index (χ1) is 5.99. The molecule has 76 valence electrons. The SMILES string of the molecule is C=CCC1(O)CC(C)N(C)CC1C. The first kappa shape index (κ1) is 10.7. The third-order valence-corrected chi connectivity index (χ3v) is 3.38. The summed E-state index contributed by atoms with van der Waals surface area (Å²) in [5.41, 5.74) is -0.520. The van der Waals surface area contributed by atoms with Gasteiger partial charge >= 0.3 is 0 Å². The van der Waals surface area contributed by atoms with E-state index < -0.39 is 5.60 Å². The molecule has 1 N–H and O–H groups in total. The maximum Gasteiger partial charge on any atom is 0.0734 e. The molecule has 1 aliphatic heterocycles. The highest BCUT2D eigenvalue weighted by Crippen LogP contribution is 2.33. The third kappa shape index (κ3) is 2.12. The average Bonchev–Trinajstić information content (AvgIpc) is 2.02. The Labute approximate surface area is 81.2 Å². The summed E-state index contributed by atoms with van der Waals surface area (Å²) in [6.07, 6.45) is 3.40. The number of nitrogens with zero attached hydrogens (tertiary/aromatic N) is 1. The Morgan fingerprint density at radius 1 is 1.62 bits per heavy atom. The Balaban J connectivity index is 2.69. The van der Waals surface area contributed by atoms with Gasteiger partial charge in [0.1, 0.15) is 0 Å². The molecule has 0 amide bonds. The molecule has 0 aliphatic carbocycles. The number of likely N-dealkylation sites (tertiary alicyclic amines) is 1. The van der Waals surface area contributed by atoms with Crippen LogP contribution in [0.15, 0.2) is 12.7 Å². The van der Waals surface area contributed by atoms with Crippen molar-refractivity contribution < 1.29 is 5.11 Å². The van der Waals surface area contributed by atoms with Gasteiger partial charge in [0.2, 0.25) is 0 Å². The van der Waals surface area contributed by atoms with E-state index in [0.717, 1.165) is 13.0 Å². The molecule has 0 aromatic heterocycles. The van der Waals surface area contributed by atoms with E-state index in [0.29, 0.717) is 18.4 Å². The van der Waals surface area contributed by atoms with Gasteiger partial charge in [-0.15, -0.1) is 6.58 Å². The molecule has 0 bridgehead atoms. The number of hydrogen-bond acceptors (Lipinski definition) is 2. The van der Waals surface area contributed by atoms with Crippen molar-refractivity contribution in [3.05, 3.63) is 12.7 Å². The minimum absolute atomic E-state index is 0.340. The smallest absolute Gasteiger partial charge is 0.0734 e. The van der Waals surface area contributed by atoms with Crippen molar-refractivity contribution >= 4 is 0 Å². The van der Waals surface area contributed by atoms with Gasteiger partial charge in [0.25, 0.3) is 0 Å². The summed E-state index contributed by atoms with van der Waals surface area (Å²) in [6.45, 7) is 8.97. The van der Waals surface area contributed by atoms with Gasteiger partial charge in [-0.1, -0.05) is 13.0 Å². The molecular formula is C11H21NO. The fraction of sp³-hybridized carbons (Fsp3) is 0.818. The summed E-state index contributed by atoms with van der Waals surface area (Å²) in [6, 6.07) is 0.473. The van der Waals surface area contributed by atoms with Crippen LogP contribution in [0, 0.1) is 5.92 Å². The van der Waals surface area contributed by atoms with Crippen LogP contribution in [0.2, 0.25) is 0 Å². The maximum absolute atomic E-state index is 10.3. The molecular weight excluding hydrogens is 162 g/mol. The standard InChI is InChI=1S/C11H21NO/c1-5-6-11(13)7-10(3)12(4)8-9(11)2/h5,9-10,13H,1,6-8H2,2-4H3. The van der Waals surface area contributed by atoms with Gasteiger partial charge in [-0.05, 0) is 32.7 Å². The molecule has 0 aromatic carbocycles. The largest absolute Gasteiger partial charge is 0.389 e. The molecule has 2 heteroatoms. The minimum atomic E-state index is -0.520. The Morgan fingerprint density at radius 3 is 2.77 bits per heavy atom. The maximum atomic E-state index is 10.3. The van der Waals surface area contributed by atoms with Crippen molar-refractivity contribution in [2.45, 2.75) is 38.3 Å². The van der Waals surface area contributed by atoms with E-state index in [9.17, 15) is 5.11 Å². The zero-order chi connectivity index (χ0) is 10.1. The summed E-state index contributed by atoms with van der Waals surface area (Å²) >= 11 is 0. The zero-order valence-electron chi connectivity index (χ0n) is 8.95. The van der Waals surface area contributed by atoms with Crippen LogP contribution in [0.3, 0.4) is 0 Å². The van der Waals surface area contributed by atoms with E-state index in [4.69, 9.17) is 0 Å². The van der Waals surface area contributed by atoms with Crippen LogP contribution in [0.1, 0.15) is 26.7 Å². The van der Waals surface area contributed by atoms with E-state index in [1.807, 2.05) is 6.08 Å². The molecule has 3 unspecified atom stereocenters. The summed E-state index contributed by atoms with van der Waals surface area (Å²) in [5.74, 6) is 0.340. The Kier molecular flexibility index (Phi) is 3.14. The zero-order valence-corrected chi connectivity index (χ0v) is 8.95. The van der Waals surface area contributed by atoms with Crippen molar-refractivity contribution in [1.29, 1.82) is 0 Å². The average molecular weight is 183 g/mol. The Hall–Kier alpha value is -0.340. The van der Waals surface area contributed by atoms with E-state index in [-0.39, 0.29) is 0 Å². The van der Waals surface area contributed by atoms with Gasteiger partial charge in [0.15, 0.2) is 0 Å². The quantitative estimate of drug-likeness (QED) is 0.658.